The summed E-state index contributed by atoms with van der Waals surface area (Å²) < 4.78 is 10.5. The third-order valence-corrected chi connectivity index (χ3v) is 4.23. The first-order chi connectivity index (χ1) is 11.3. The van der Waals surface area contributed by atoms with Gasteiger partial charge in [-0.15, -0.1) is 0 Å². The Morgan fingerprint density at radius 3 is 2.91 bits per heavy atom. The molecule has 0 fully saturated rings. The highest BCUT2D eigenvalue weighted by molar-refractivity contribution is 7.94. The number of nitrogens with one attached hydrogen (secondary N) is 1. The lowest BCUT2D eigenvalue weighted by Crippen LogP contribution is -2.03. The van der Waals surface area contributed by atoms with Crippen LogP contribution in [0.15, 0.2) is 62.6 Å². The number of H-pyrrole nitrogens is 1. The van der Waals surface area contributed by atoms with Crippen LogP contribution in [0.5, 0.6) is 0 Å². The molecule has 0 saturated carbocycles. The van der Waals surface area contributed by atoms with E-state index in [1.165, 1.54) is 12.0 Å². The molecule has 0 aliphatic carbocycles. The van der Waals surface area contributed by atoms with Crippen molar-refractivity contribution in [3.8, 4) is 11.3 Å². The normalized spacial score (nSPS) is 11.3. The first-order valence-electron chi connectivity index (χ1n) is 6.98. The SMILES string of the molecule is COSc1ccc2cc(-c3n[nH]c4ccccc34)c(=O)oc2c1. The highest BCUT2D eigenvalue weighted by Gasteiger charge is 2.14. The molecule has 0 radical (unpaired) electrons. The van der Waals surface area contributed by atoms with Crippen LogP contribution in [0.3, 0.4) is 0 Å². The summed E-state index contributed by atoms with van der Waals surface area (Å²) in [5, 5.41) is 8.94. The van der Waals surface area contributed by atoms with Gasteiger partial charge in [0.15, 0.2) is 0 Å². The van der Waals surface area contributed by atoms with Gasteiger partial charge in [-0.25, -0.2) is 4.79 Å². The fraction of sp³-hybridized carbons (Fsp3) is 0.0588. The number of hydrogen-bond acceptors (Lipinski definition) is 5. The van der Waals surface area contributed by atoms with Crippen molar-refractivity contribution >= 4 is 33.9 Å². The summed E-state index contributed by atoms with van der Waals surface area (Å²) in [6.45, 7) is 0. The fourth-order valence-electron chi connectivity index (χ4n) is 2.57. The van der Waals surface area contributed by atoms with Crippen LogP contribution in [0.1, 0.15) is 0 Å². The largest absolute Gasteiger partial charge is 0.422 e. The Kier molecular flexibility index (Phi) is 3.40. The molecule has 1 N–H and O–H groups in total. The van der Waals surface area contributed by atoms with Gasteiger partial charge in [-0.05, 0) is 24.3 Å². The van der Waals surface area contributed by atoms with Gasteiger partial charge >= 0.3 is 5.63 Å². The van der Waals surface area contributed by atoms with E-state index in [2.05, 4.69) is 10.2 Å². The van der Waals surface area contributed by atoms with Crippen molar-refractivity contribution in [2.24, 2.45) is 0 Å². The van der Waals surface area contributed by atoms with Crippen molar-refractivity contribution in [3.63, 3.8) is 0 Å². The number of aromatic nitrogens is 2. The van der Waals surface area contributed by atoms with Gasteiger partial charge in [0.05, 0.1) is 18.2 Å². The minimum Gasteiger partial charge on any atom is -0.422 e. The Morgan fingerprint density at radius 1 is 1.17 bits per heavy atom. The molecule has 0 atom stereocenters. The molecular weight excluding hydrogens is 312 g/mol. The van der Waals surface area contributed by atoms with Crippen molar-refractivity contribution in [2.45, 2.75) is 4.90 Å². The molecule has 23 heavy (non-hydrogen) atoms. The molecule has 2 aromatic heterocycles. The molecule has 0 saturated heterocycles. The number of hydrogen-bond donors (Lipinski definition) is 1. The maximum atomic E-state index is 12.4. The zero-order chi connectivity index (χ0) is 15.8. The molecule has 2 heterocycles. The van der Waals surface area contributed by atoms with E-state index in [-0.39, 0.29) is 0 Å². The van der Waals surface area contributed by atoms with Crippen molar-refractivity contribution in [1.82, 2.24) is 10.2 Å². The van der Waals surface area contributed by atoms with Gasteiger partial charge < -0.3 is 8.60 Å². The molecule has 4 aromatic rings. The van der Waals surface area contributed by atoms with Gasteiger partial charge in [-0.2, -0.15) is 5.10 Å². The number of nitrogens with zero attached hydrogens (tertiary/aromatic N) is 1. The smallest absolute Gasteiger partial charge is 0.345 e. The highest BCUT2D eigenvalue weighted by Crippen LogP contribution is 2.28. The van der Waals surface area contributed by atoms with Crippen LogP contribution in [-0.4, -0.2) is 17.3 Å². The maximum absolute atomic E-state index is 12.4. The molecule has 4 rings (SSSR count). The quantitative estimate of drug-likeness (QED) is 0.456. The van der Waals surface area contributed by atoms with Crippen LogP contribution < -0.4 is 5.63 Å². The Bertz CT molecular complexity index is 1070. The summed E-state index contributed by atoms with van der Waals surface area (Å²) in [5.41, 5.74) is 2.05. The third-order valence-electron chi connectivity index (χ3n) is 3.61. The van der Waals surface area contributed by atoms with Crippen molar-refractivity contribution in [1.29, 1.82) is 0 Å². The standard InChI is InChI=1S/C17H12N2O3S/c1-21-23-11-7-6-10-8-13(17(20)22-15(10)9-11)16-12-4-2-3-5-14(12)18-19-16/h2-9H,1H3,(H,18,19). The number of fused-ring (bicyclic) bond motifs is 2. The average molecular weight is 324 g/mol. The van der Waals surface area contributed by atoms with Crippen LogP contribution in [0.25, 0.3) is 33.1 Å². The molecule has 0 aliphatic heterocycles. The predicted molar refractivity (Wildman–Crippen MR) is 90.4 cm³/mol. The molecule has 5 nitrogen and oxygen atoms in total. The monoisotopic (exact) mass is 324 g/mol. The van der Waals surface area contributed by atoms with Crippen LogP contribution >= 0.6 is 12.0 Å². The molecule has 0 aliphatic rings. The second-order valence-electron chi connectivity index (χ2n) is 5.01. The highest BCUT2D eigenvalue weighted by atomic mass is 32.2. The molecule has 2 aromatic carbocycles. The first kappa shape index (κ1) is 14.0. The third kappa shape index (κ3) is 2.42. The van der Waals surface area contributed by atoms with Gasteiger partial charge in [0.1, 0.15) is 11.3 Å². The molecule has 0 spiro atoms. The Labute approximate surface area is 135 Å². The number of para-hydroxylation sites is 1. The minimum absolute atomic E-state index is 0.408. The lowest BCUT2D eigenvalue weighted by Gasteiger charge is -2.03. The lowest BCUT2D eigenvalue weighted by molar-refractivity contribution is 0.489. The molecular formula is C17H12N2O3S. The number of aromatic amines is 1. The zero-order valence-corrected chi connectivity index (χ0v) is 13.0. The van der Waals surface area contributed by atoms with Crippen molar-refractivity contribution in [3.05, 3.63) is 59.0 Å². The van der Waals surface area contributed by atoms with Crippen LogP contribution in [0, 0.1) is 0 Å². The van der Waals surface area contributed by atoms with Crippen LogP contribution in [-0.2, 0) is 4.18 Å². The lowest BCUT2D eigenvalue weighted by atomic mass is 10.1. The van der Waals surface area contributed by atoms with E-state index >= 15 is 0 Å². The summed E-state index contributed by atoms with van der Waals surface area (Å²) in [6, 6.07) is 15.1. The second-order valence-corrected chi connectivity index (χ2v) is 5.99. The van der Waals surface area contributed by atoms with Crippen LogP contribution in [0.2, 0.25) is 0 Å². The fourth-order valence-corrected chi connectivity index (χ4v) is 3.04. The van der Waals surface area contributed by atoms with Crippen molar-refractivity contribution in [2.75, 3.05) is 7.11 Å². The number of benzene rings is 2. The topological polar surface area (TPSA) is 68.1 Å². The average Bonchev–Trinajstić information content (AvgIpc) is 2.98. The van der Waals surface area contributed by atoms with Crippen LogP contribution in [0.4, 0.5) is 0 Å². The Hall–Kier alpha value is -2.57. The Morgan fingerprint density at radius 2 is 2.04 bits per heavy atom. The molecule has 0 unspecified atom stereocenters. The van der Waals surface area contributed by atoms with Crippen molar-refractivity contribution < 1.29 is 8.60 Å². The van der Waals surface area contributed by atoms with Gasteiger partial charge in [0, 0.05) is 27.7 Å². The molecule has 6 heteroatoms. The van der Waals surface area contributed by atoms with Gasteiger partial charge in [-0.3, -0.25) is 5.10 Å². The molecule has 0 bridgehead atoms. The predicted octanol–water partition coefficient (Wildman–Crippen LogP) is 3.99. The summed E-state index contributed by atoms with van der Waals surface area (Å²) in [7, 11) is 1.59. The van der Waals surface area contributed by atoms with E-state index in [9.17, 15) is 4.79 Å². The maximum Gasteiger partial charge on any atom is 0.345 e. The second kappa shape index (κ2) is 5.57. The number of rotatable bonds is 3. The van der Waals surface area contributed by atoms with Gasteiger partial charge in [-0.1, -0.05) is 24.3 Å². The Balaban J connectivity index is 1.92. The first-order valence-corrected chi connectivity index (χ1v) is 7.72. The summed E-state index contributed by atoms with van der Waals surface area (Å²) in [5.74, 6) is 0. The van der Waals surface area contributed by atoms with E-state index in [4.69, 9.17) is 8.60 Å². The van der Waals surface area contributed by atoms with E-state index < -0.39 is 5.63 Å². The zero-order valence-electron chi connectivity index (χ0n) is 12.2. The van der Waals surface area contributed by atoms with E-state index in [0.29, 0.717) is 16.8 Å². The summed E-state index contributed by atoms with van der Waals surface area (Å²) in [6.07, 6.45) is 0. The van der Waals surface area contributed by atoms with Gasteiger partial charge in [0.25, 0.3) is 0 Å². The molecule has 0 amide bonds. The molecule has 114 valence electrons. The minimum atomic E-state index is -0.408. The van der Waals surface area contributed by atoms with E-state index in [1.807, 2.05) is 42.5 Å². The summed E-state index contributed by atoms with van der Waals surface area (Å²) in [4.78, 5) is 13.3. The van der Waals surface area contributed by atoms with E-state index in [1.54, 1.807) is 13.2 Å². The van der Waals surface area contributed by atoms with E-state index in [0.717, 1.165) is 21.2 Å². The van der Waals surface area contributed by atoms with Gasteiger partial charge in [0.2, 0.25) is 0 Å². The summed E-state index contributed by atoms with van der Waals surface area (Å²) >= 11 is 1.22.